The summed E-state index contributed by atoms with van der Waals surface area (Å²) in [6.45, 7) is 10.4. The Balaban J connectivity index is 1.46. The fourth-order valence-corrected chi connectivity index (χ4v) is 4.44. The first-order chi connectivity index (χ1) is 18.0. The van der Waals surface area contributed by atoms with Crippen LogP contribution >= 0.6 is 0 Å². The Morgan fingerprint density at radius 3 is 2.49 bits per heavy atom. The molecule has 3 aromatic rings. The number of ether oxygens (including phenoxy) is 1. The van der Waals surface area contributed by atoms with Gasteiger partial charge in [-0.1, -0.05) is 67.9 Å². The monoisotopic (exact) mass is 497 g/mol. The van der Waals surface area contributed by atoms with Crippen LogP contribution in [0, 0.1) is 6.92 Å². The molecule has 0 bridgehead atoms. The fraction of sp³-hybridized carbons (Fsp3) is 0.290. The molecule has 0 spiro atoms. The van der Waals surface area contributed by atoms with Gasteiger partial charge in [-0.2, -0.15) is 0 Å². The van der Waals surface area contributed by atoms with Gasteiger partial charge in [-0.15, -0.1) is 0 Å². The number of benzene rings is 3. The van der Waals surface area contributed by atoms with Crippen molar-refractivity contribution in [3.05, 3.63) is 101 Å². The molecule has 6 heteroatoms. The van der Waals surface area contributed by atoms with Crippen molar-refractivity contribution in [1.29, 1.82) is 0 Å². The number of fused-ring (bicyclic) bond motifs is 1. The fourth-order valence-electron chi connectivity index (χ4n) is 4.44. The van der Waals surface area contributed by atoms with Gasteiger partial charge in [0.15, 0.2) is 11.5 Å². The highest BCUT2D eigenvalue weighted by Gasteiger charge is 2.30. The van der Waals surface area contributed by atoms with E-state index in [2.05, 4.69) is 30.1 Å². The molecule has 0 aliphatic carbocycles. The zero-order chi connectivity index (χ0) is 26.2. The number of nitrogens with zero attached hydrogens (tertiary/aromatic N) is 2. The second kappa shape index (κ2) is 12.4. The van der Waals surface area contributed by atoms with E-state index in [1.807, 2.05) is 61.5 Å². The number of nitrogens with one attached hydrogen (secondary N) is 1. The zero-order valence-corrected chi connectivity index (χ0v) is 21.9. The second-order valence-corrected chi connectivity index (χ2v) is 9.22. The SMILES string of the molecule is CCN(CC)CCCNC(=O)c1ccc(C=C2Oc3ccccc3N(Cc3cccc(C)c3)C2=O)cc1. The van der Waals surface area contributed by atoms with E-state index in [1.54, 1.807) is 23.1 Å². The van der Waals surface area contributed by atoms with Gasteiger partial charge >= 0.3 is 0 Å². The van der Waals surface area contributed by atoms with Crippen molar-refractivity contribution in [2.75, 3.05) is 31.1 Å². The Morgan fingerprint density at radius 1 is 1.00 bits per heavy atom. The number of aryl methyl sites for hydroxylation is 1. The smallest absolute Gasteiger partial charge is 0.294 e. The van der Waals surface area contributed by atoms with E-state index in [0.717, 1.165) is 48.4 Å². The van der Waals surface area contributed by atoms with E-state index >= 15 is 0 Å². The molecule has 0 saturated heterocycles. The number of rotatable bonds is 10. The van der Waals surface area contributed by atoms with E-state index in [9.17, 15) is 9.59 Å². The summed E-state index contributed by atoms with van der Waals surface area (Å²) in [5.74, 6) is 0.596. The summed E-state index contributed by atoms with van der Waals surface area (Å²) in [5.41, 5.74) is 4.33. The molecule has 1 N–H and O–H groups in total. The molecule has 0 atom stereocenters. The average molecular weight is 498 g/mol. The number of para-hydroxylation sites is 2. The maximum atomic E-state index is 13.5. The van der Waals surface area contributed by atoms with Gasteiger partial charge in [-0.3, -0.25) is 14.5 Å². The molecule has 6 nitrogen and oxygen atoms in total. The highest BCUT2D eigenvalue weighted by atomic mass is 16.5. The van der Waals surface area contributed by atoms with Crippen LogP contribution in [0.2, 0.25) is 0 Å². The Morgan fingerprint density at radius 2 is 1.76 bits per heavy atom. The third-order valence-electron chi connectivity index (χ3n) is 6.56. The summed E-state index contributed by atoms with van der Waals surface area (Å²) in [4.78, 5) is 30.1. The van der Waals surface area contributed by atoms with Crippen LogP contribution in [-0.4, -0.2) is 42.9 Å². The van der Waals surface area contributed by atoms with Gasteiger partial charge in [0.05, 0.1) is 12.2 Å². The van der Waals surface area contributed by atoms with Crippen LogP contribution in [0.15, 0.2) is 78.6 Å². The van der Waals surface area contributed by atoms with Crippen molar-refractivity contribution in [2.24, 2.45) is 0 Å². The lowest BCUT2D eigenvalue weighted by atomic mass is 10.1. The van der Waals surface area contributed by atoms with Crippen molar-refractivity contribution < 1.29 is 14.3 Å². The largest absolute Gasteiger partial charge is 0.449 e. The predicted octanol–water partition coefficient (Wildman–Crippen LogP) is 5.42. The summed E-state index contributed by atoms with van der Waals surface area (Å²) in [5, 5.41) is 2.99. The van der Waals surface area contributed by atoms with Crippen LogP contribution in [0.1, 0.15) is 47.3 Å². The van der Waals surface area contributed by atoms with Gasteiger partial charge in [0.25, 0.3) is 11.8 Å². The quantitative estimate of drug-likeness (QED) is 0.300. The first-order valence-corrected chi connectivity index (χ1v) is 12.9. The molecule has 1 aliphatic heterocycles. The van der Waals surface area contributed by atoms with Crippen molar-refractivity contribution >= 4 is 23.6 Å². The molecule has 0 aromatic heterocycles. The second-order valence-electron chi connectivity index (χ2n) is 9.22. The van der Waals surface area contributed by atoms with Gasteiger partial charge in [-0.05, 0) is 74.4 Å². The van der Waals surface area contributed by atoms with Gasteiger partial charge in [0.1, 0.15) is 0 Å². The van der Waals surface area contributed by atoms with E-state index in [1.165, 1.54) is 0 Å². The third-order valence-corrected chi connectivity index (χ3v) is 6.56. The molecule has 0 unspecified atom stereocenters. The molecular weight excluding hydrogens is 462 g/mol. The van der Waals surface area contributed by atoms with Crippen LogP contribution in [-0.2, 0) is 11.3 Å². The molecule has 37 heavy (non-hydrogen) atoms. The first kappa shape index (κ1) is 26.2. The molecule has 4 rings (SSSR count). The standard InChI is InChI=1S/C31H35N3O3/c1-4-33(5-2)19-9-18-32-30(35)26-16-14-24(15-17-26)21-29-31(36)34(22-25-11-8-10-23(3)20-25)27-12-6-7-13-28(27)37-29/h6-8,10-17,20-21H,4-5,9,18-19,22H2,1-3H3,(H,32,35). The number of carbonyl (C=O) groups excluding carboxylic acids is 2. The van der Waals surface area contributed by atoms with E-state index < -0.39 is 0 Å². The lowest BCUT2D eigenvalue weighted by Gasteiger charge is -2.30. The Hall–Kier alpha value is -3.90. The van der Waals surface area contributed by atoms with Crippen molar-refractivity contribution in [3.8, 4) is 5.75 Å². The van der Waals surface area contributed by atoms with Crippen LogP contribution in [0.4, 0.5) is 5.69 Å². The number of anilines is 1. The maximum Gasteiger partial charge on any atom is 0.294 e. The van der Waals surface area contributed by atoms with Crippen LogP contribution in [0.25, 0.3) is 6.08 Å². The lowest BCUT2D eigenvalue weighted by Crippen LogP contribution is -2.36. The molecule has 0 saturated carbocycles. The van der Waals surface area contributed by atoms with Crippen molar-refractivity contribution in [3.63, 3.8) is 0 Å². The van der Waals surface area contributed by atoms with Crippen LogP contribution in [0.3, 0.4) is 0 Å². The molecular formula is C31H35N3O3. The van der Waals surface area contributed by atoms with Gasteiger partial charge < -0.3 is 15.0 Å². The topological polar surface area (TPSA) is 61.9 Å². The highest BCUT2D eigenvalue weighted by Crippen LogP contribution is 2.36. The van der Waals surface area contributed by atoms with Gasteiger partial charge in [0, 0.05) is 12.1 Å². The number of hydrogen-bond donors (Lipinski definition) is 1. The average Bonchev–Trinajstić information content (AvgIpc) is 2.91. The highest BCUT2D eigenvalue weighted by molar-refractivity contribution is 6.09. The first-order valence-electron chi connectivity index (χ1n) is 12.9. The molecule has 3 aromatic carbocycles. The Kier molecular flexibility index (Phi) is 8.75. The van der Waals surface area contributed by atoms with Gasteiger partial charge in [0.2, 0.25) is 0 Å². The minimum Gasteiger partial charge on any atom is -0.449 e. The Labute approximate surface area is 219 Å². The molecule has 2 amide bonds. The number of carbonyl (C=O) groups is 2. The third kappa shape index (κ3) is 6.66. The predicted molar refractivity (Wildman–Crippen MR) is 149 cm³/mol. The van der Waals surface area contributed by atoms with E-state index in [-0.39, 0.29) is 17.6 Å². The van der Waals surface area contributed by atoms with E-state index in [0.29, 0.717) is 24.4 Å². The van der Waals surface area contributed by atoms with Crippen LogP contribution < -0.4 is 15.0 Å². The minimum absolute atomic E-state index is 0.0954. The van der Waals surface area contributed by atoms with Crippen LogP contribution in [0.5, 0.6) is 5.75 Å². The maximum absolute atomic E-state index is 13.5. The molecule has 0 radical (unpaired) electrons. The zero-order valence-electron chi connectivity index (χ0n) is 21.9. The van der Waals surface area contributed by atoms with Crippen molar-refractivity contribution in [2.45, 2.75) is 33.7 Å². The van der Waals surface area contributed by atoms with E-state index in [4.69, 9.17) is 4.74 Å². The summed E-state index contributed by atoms with van der Waals surface area (Å²) < 4.78 is 6.01. The number of hydrogen-bond acceptors (Lipinski definition) is 4. The molecule has 1 aliphatic rings. The Bertz CT molecular complexity index is 1260. The summed E-state index contributed by atoms with van der Waals surface area (Å²) in [6, 6.07) is 22.9. The molecule has 1 heterocycles. The molecule has 192 valence electrons. The van der Waals surface area contributed by atoms with Crippen molar-refractivity contribution in [1.82, 2.24) is 10.2 Å². The molecule has 0 fully saturated rings. The minimum atomic E-state index is -0.199. The summed E-state index contributed by atoms with van der Waals surface area (Å²) >= 11 is 0. The summed E-state index contributed by atoms with van der Waals surface area (Å²) in [6.07, 6.45) is 2.64. The lowest BCUT2D eigenvalue weighted by molar-refractivity contribution is -0.117. The summed E-state index contributed by atoms with van der Waals surface area (Å²) in [7, 11) is 0. The normalized spacial score (nSPS) is 14.0. The van der Waals surface area contributed by atoms with Gasteiger partial charge in [-0.25, -0.2) is 0 Å². The number of amides is 2.